The van der Waals surface area contributed by atoms with E-state index in [0.29, 0.717) is 12.0 Å². The van der Waals surface area contributed by atoms with Crippen LogP contribution in [0.2, 0.25) is 5.02 Å². The van der Waals surface area contributed by atoms with E-state index in [9.17, 15) is 18.5 Å². The Morgan fingerprint density at radius 1 is 1.43 bits per heavy atom. The summed E-state index contributed by atoms with van der Waals surface area (Å²) >= 11 is 5.95. The van der Waals surface area contributed by atoms with Crippen LogP contribution >= 0.6 is 11.6 Å². The van der Waals surface area contributed by atoms with Crippen LogP contribution in [0.1, 0.15) is 32.8 Å². The highest BCUT2D eigenvalue weighted by molar-refractivity contribution is 7.89. The molecule has 0 saturated heterocycles. The van der Waals surface area contributed by atoms with Crippen LogP contribution in [-0.2, 0) is 10.0 Å². The second-order valence-electron chi connectivity index (χ2n) is 6.32. The van der Waals surface area contributed by atoms with Gasteiger partial charge in [0.05, 0.1) is 4.92 Å². The van der Waals surface area contributed by atoms with Crippen LogP contribution in [0.4, 0.5) is 5.69 Å². The Morgan fingerprint density at radius 2 is 2.00 bits per heavy atom. The van der Waals surface area contributed by atoms with E-state index in [1.807, 2.05) is 13.8 Å². The predicted octanol–water partition coefficient (Wildman–Crippen LogP) is 2.60. The fourth-order valence-electron chi connectivity index (χ4n) is 2.49. The van der Waals surface area contributed by atoms with Gasteiger partial charge < -0.3 is 5.73 Å². The molecule has 0 aromatic heterocycles. The van der Waals surface area contributed by atoms with Crippen molar-refractivity contribution in [2.24, 2.45) is 11.7 Å². The minimum atomic E-state index is -4.05. The molecule has 1 aromatic rings. The molecule has 0 aliphatic heterocycles. The highest BCUT2D eigenvalue weighted by Gasteiger charge is 2.33. The Balaban J connectivity index is 3.36. The molecule has 130 valence electrons. The number of nitrogens with zero attached hydrogens (tertiary/aromatic N) is 1. The van der Waals surface area contributed by atoms with Crippen molar-refractivity contribution in [2.45, 2.75) is 44.6 Å². The number of aryl methyl sites for hydroxylation is 1. The van der Waals surface area contributed by atoms with E-state index in [1.54, 1.807) is 13.8 Å². The van der Waals surface area contributed by atoms with Gasteiger partial charge in [0.1, 0.15) is 9.92 Å². The van der Waals surface area contributed by atoms with Crippen LogP contribution in [0, 0.1) is 23.0 Å². The maximum Gasteiger partial charge on any atom is 0.289 e. The van der Waals surface area contributed by atoms with Crippen molar-refractivity contribution in [2.75, 3.05) is 6.54 Å². The van der Waals surface area contributed by atoms with Gasteiger partial charge in [0.25, 0.3) is 5.69 Å². The van der Waals surface area contributed by atoms with E-state index in [2.05, 4.69) is 4.72 Å². The number of hydrogen-bond acceptors (Lipinski definition) is 5. The van der Waals surface area contributed by atoms with Crippen LogP contribution in [0.3, 0.4) is 0 Å². The summed E-state index contributed by atoms with van der Waals surface area (Å²) in [6.45, 7) is 7.26. The summed E-state index contributed by atoms with van der Waals surface area (Å²) in [4.78, 5) is 10.0. The lowest BCUT2D eigenvalue weighted by atomic mass is 9.92. The first-order valence-electron chi connectivity index (χ1n) is 7.10. The molecule has 0 aliphatic rings. The molecule has 0 amide bonds. The lowest BCUT2D eigenvalue weighted by Crippen LogP contribution is -2.52. The molecule has 0 fully saturated rings. The smallest absolute Gasteiger partial charge is 0.289 e. The summed E-state index contributed by atoms with van der Waals surface area (Å²) in [5.41, 5.74) is 4.84. The molecule has 1 atom stereocenters. The van der Waals surface area contributed by atoms with Gasteiger partial charge in [-0.1, -0.05) is 25.4 Å². The maximum absolute atomic E-state index is 12.7. The zero-order chi connectivity index (χ0) is 18.0. The van der Waals surface area contributed by atoms with Gasteiger partial charge in [-0.2, -0.15) is 0 Å². The number of nitro groups is 1. The standard InChI is InChI=1S/C14H22ClN3O4S/c1-9(2)7-14(4,8-16)17-23(21,22)12-6-10(3)5-11(13(12)15)18(19)20/h5-6,9,17H,7-8,16H2,1-4H3. The number of hydrogen-bond donors (Lipinski definition) is 2. The van der Waals surface area contributed by atoms with E-state index in [0.717, 1.165) is 0 Å². The first-order chi connectivity index (χ1) is 10.4. The van der Waals surface area contributed by atoms with E-state index < -0.39 is 31.2 Å². The number of halogens is 1. The highest BCUT2D eigenvalue weighted by atomic mass is 35.5. The van der Waals surface area contributed by atoms with Gasteiger partial charge in [-0.05, 0) is 37.8 Å². The minimum Gasteiger partial charge on any atom is -0.329 e. The summed E-state index contributed by atoms with van der Waals surface area (Å²) in [6, 6.07) is 2.54. The van der Waals surface area contributed by atoms with Gasteiger partial charge in [-0.15, -0.1) is 0 Å². The number of rotatable bonds is 7. The lowest BCUT2D eigenvalue weighted by molar-refractivity contribution is -0.385. The molecule has 3 N–H and O–H groups in total. The Morgan fingerprint density at radius 3 is 2.43 bits per heavy atom. The number of nitrogens with two attached hydrogens (primary N) is 1. The van der Waals surface area contributed by atoms with Gasteiger partial charge in [0, 0.05) is 18.2 Å². The first-order valence-corrected chi connectivity index (χ1v) is 8.96. The summed E-state index contributed by atoms with van der Waals surface area (Å²) < 4.78 is 27.9. The fourth-order valence-corrected chi connectivity index (χ4v) is 4.58. The van der Waals surface area contributed by atoms with Crippen molar-refractivity contribution in [3.63, 3.8) is 0 Å². The SMILES string of the molecule is Cc1cc([N+](=O)[O-])c(Cl)c(S(=O)(=O)NC(C)(CN)CC(C)C)c1. The van der Waals surface area contributed by atoms with Crippen molar-refractivity contribution in [1.29, 1.82) is 0 Å². The largest absolute Gasteiger partial charge is 0.329 e. The predicted molar refractivity (Wildman–Crippen MR) is 90.1 cm³/mol. The van der Waals surface area contributed by atoms with Gasteiger partial charge in [-0.25, -0.2) is 13.1 Å². The molecule has 1 unspecified atom stereocenters. The van der Waals surface area contributed by atoms with Crippen LogP contribution in [-0.4, -0.2) is 25.4 Å². The lowest BCUT2D eigenvalue weighted by Gasteiger charge is -2.31. The molecule has 23 heavy (non-hydrogen) atoms. The third-order valence-corrected chi connectivity index (χ3v) is 5.51. The molecule has 1 aromatic carbocycles. The number of sulfonamides is 1. The molecule has 0 bridgehead atoms. The quantitative estimate of drug-likeness (QED) is 0.570. The van der Waals surface area contributed by atoms with Crippen LogP contribution < -0.4 is 10.5 Å². The highest BCUT2D eigenvalue weighted by Crippen LogP contribution is 2.33. The Labute approximate surface area is 141 Å². The number of nitrogens with one attached hydrogen (secondary N) is 1. The second-order valence-corrected chi connectivity index (χ2v) is 8.35. The monoisotopic (exact) mass is 363 g/mol. The third-order valence-electron chi connectivity index (χ3n) is 3.34. The summed E-state index contributed by atoms with van der Waals surface area (Å²) in [5.74, 6) is 0.216. The Kier molecular flexibility index (Phi) is 6.14. The molecule has 1 rings (SSSR count). The van der Waals surface area contributed by atoms with Crippen molar-refractivity contribution in [3.8, 4) is 0 Å². The Bertz CT molecular complexity index is 706. The van der Waals surface area contributed by atoms with Gasteiger partial charge in [-0.3, -0.25) is 10.1 Å². The zero-order valence-corrected chi connectivity index (χ0v) is 15.2. The van der Waals surface area contributed by atoms with Crippen LogP contribution in [0.25, 0.3) is 0 Å². The van der Waals surface area contributed by atoms with Crippen LogP contribution in [0.15, 0.2) is 17.0 Å². The Hall–Kier alpha value is -1.22. The van der Waals surface area contributed by atoms with Gasteiger partial charge in [0.2, 0.25) is 10.0 Å². The van der Waals surface area contributed by atoms with Crippen molar-refractivity contribution in [1.82, 2.24) is 4.72 Å². The summed E-state index contributed by atoms with van der Waals surface area (Å²) in [5, 5.41) is 10.6. The molecule has 7 nitrogen and oxygen atoms in total. The average molecular weight is 364 g/mol. The summed E-state index contributed by atoms with van der Waals surface area (Å²) in [7, 11) is -4.05. The van der Waals surface area contributed by atoms with E-state index >= 15 is 0 Å². The molecule has 0 radical (unpaired) electrons. The molecule has 0 heterocycles. The molecule has 0 spiro atoms. The molecule has 0 aliphatic carbocycles. The minimum absolute atomic E-state index is 0.0932. The molecular weight excluding hydrogens is 342 g/mol. The van der Waals surface area contributed by atoms with E-state index in [1.165, 1.54) is 12.1 Å². The number of benzene rings is 1. The van der Waals surface area contributed by atoms with Gasteiger partial charge in [0.15, 0.2) is 0 Å². The van der Waals surface area contributed by atoms with E-state index in [-0.39, 0.29) is 17.4 Å². The normalized spacial score (nSPS) is 14.7. The molecule has 9 heteroatoms. The van der Waals surface area contributed by atoms with Gasteiger partial charge >= 0.3 is 0 Å². The zero-order valence-electron chi connectivity index (χ0n) is 13.6. The molecule has 0 saturated carbocycles. The van der Waals surface area contributed by atoms with Crippen molar-refractivity contribution in [3.05, 3.63) is 32.8 Å². The fraction of sp³-hybridized carbons (Fsp3) is 0.571. The third kappa shape index (κ3) is 4.87. The van der Waals surface area contributed by atoms with Crippen molar-refractivity contribution >= 4 is 27.3 Å². The number of nitro benzene ring substituents is 1. The maximum atomic E-state index is 12.7. The van der Waals surface area contributed by atoms with Crippen LogP contribution in [0.5, 0.6) is 0 Å². The first kappa shape index (κ1) is 19.8. The average Bonchev–Trinajstić information content (AvgIpc) is 2.38. The van der Waals surface area contributed by atoms with E-state index in [4.69, 9.17) is 17.3 Å². The topological polar surface area (TPSA) is 115 Å². The molecular formula is C14H22ClN3O4S. The van der Waals surface area contributed by atoms with Crippen molar-refractivity contribution < 1.29 is 13.3 Å². The summed E-state index contributed by atoms with van der Waals surface area (Å²) in [6.07, 6.45) is 0.522. The second kappa shape index (κ2) is 7.12.